The van der Waals surface area contributed by atoms with Crippen LogP contribution in [-0.4, -0.2) is 4.98 Å². The molecular weight excluding hydrogens is 342 g/mol. The summed E-state index contributed by atoms with van der Waals surface area (Å²) in [6.45, 7) is 4.42. The third-order valence-corrected chi connectivity index (χ3v) is 4.89. The molecule has 1 heterocycles. The lowest BCUT2D eigenvalue weighted by molar-refractivity contribution is 0.867. The summed E-state index contributed by atoms with van der Waals surface area (Å²) >= 11 is 5.15. The molecule has 0 spiro atoms. The molecule has 0 amide bonds. The predicted octanol–water partition coefficient (Wildman–Crippen LogP) is 6.36. The van der Waals surface area contributed by atoms with Gasteiger partial charge in [0.25, 0.3) is 0 Å². The van der Waals surface area contributed by atoms with Gasteiger partial charge in [0.1, 0.15) is 5.01 Å². The minimum absolute atomic E-state index is 0.563. The molecule has 1 aromatic heterocycles. The van der Waals surface area contributed by atoms with Crippen LogP contribution < -0.4 is 0 Å². The maximum absolute atomic E-state index is 4.76. The highest BCUT2D eigenvalue weighted by molar-refractivity contribution is 9.10. The Balaban J connectivity index is 1.89. The van der Waals surface area contributed by atoms with Gasteiger partial charge in [-0.05, 0) is 23.6 Å². The van der Waals surface area contributed by atoms with Gasteiger partial charge in [0, 0.05) is 21.0 Å². The molecule has 2 aromatic carbocycles. The maximum Gasteiger partial charge on any atom is 0.124 e. The minimum Gasteiger partial charge on any atom is -0.236 e. The zero-order valence-electron chi connectivity index (χ0n) is 12.0. The predicted molar refractivity (Wildman–Crippen MR) is 94.8 cm³/mol. The number of hydrogen-bond donors (Lipinski definition) is 0. The highest BCUT2D eigenvalue weighted by atomic mass is 79.9. The van der Waals surface area contributed by atoms with E-state index in [4.69, 9.17) is 4.98 Å². The van der Waals surface area contributed by atoms with Crippen LogP contribution in [0.25, 0.3) is 21.8 Å². The molecule has 3 rings (SSSR count). The van der Waals surface area contributed by atoms with Crippen molar-refractivity contribution in [1.29, 1.82) is 0 Å². The second kappa shape index (κ2) is 6.12. The van der Waals surface area contributed by atoms with Crippen LogP contribution in [0.2, 0.25) is 0 Å². The van der Waals surface area contributed by atoms with Crippen LogP contribution in [0.5, 0.6) is 0 Å². The van der Waals surface area contributed by atoms with E-state index in [9.17, 15) is 0 Å². The maximum atomic E-state index is 4.76. The molecule has 0 unspecified atom stereocenters. The normalized spacial score (nSPS) is 11.0. The van der Waals surface area contributed by atoms with Gasteiger partial charge in [-0.1, -0.05) is 66.2 Å². The van der Waals surface area contributed by atoms with Crippen molar-refractivity contribution in [3.8, 4) is 21.8 Å². The number of thiazole rings is 1. The Labute approximate surface area is 137 Å². The fourth-order valence-electron chi connectivity index (χ4n) is 2.17. The fourth-order valence-corrected chi connectivity index (χ4v) is 3.27. The van der Waals surface area contributed by atoms with Crippen LogP contribution in [0.3, 0.4) is 0 Å². The molecule has 106 valence electrons. The molecule has 0 atom stereocenters. The van der Waals surface area contributed by atoms with Crippen LogP contribution in [-0.2, 0) is 0 Å². The molecular formula is C18H16BrNS. The summed E-state index contributed by atoms with van der Waals surface area (Å²) in [5, 5.41) is 3.19. The van der Waals surface area contributed by atoms with E-state index in [1.54, 1.807) is 11.3 Å². The molecule has 0 aliphatic rings. The second-order valence-corrected chi connectivity index (χ2v) is 7.10. The first-order valence-corrected chi connectivity index (χ1v) is 8.62. The van der Waals surface area contributed by atoms with Gasteiger partial charge in [0.05, 0.1) is 5.69 Å². The largest absolute Gasteiger partial charge is 0.236 e. The average Bonchev–Trinajstić information content (AvgIpc) is 2.98. The number of aromatic nitrogens is 1. The number of benzene rings is 2. The van der Waals surface area contributed by atoms with E-state index in [1.165, 1.54) is 11.1 Å². The van der Waals surface area contributed by atoms with E-state index in [1.807, 2.05) is 12.1 Å². The quantitative estimate of drug-likeness (QED) is 0.531. The van der Waals surface area contributed by atoms with Crippen LogP contribution in [0.1, 0.15) is 25.3 Å². The molecule has 0 aliphatic carbocycles. The fraction of sp³-hybridized carbons (Fsp3) is 0.167. The number of halogens is 1. The summed E-state index contributed by atoms with van der Waals surface area (Å²) in [5.74, 6) is 0.563. The second-order valence-electron chi connectivity index (χ2n) is 5.32. The molecule has 0 N–H and O–H groups in total. The van der Waals surface area contributed by atoms with E-state index in [0.717, 1.165) is 20.7 Å². The first-order chi connectivity index (χ1) is 10.1. The Bertz CT molecular complexity index is 727. The summed E-state index contributed by atoms with van der Waals surface area (Å²) in [6.07, 6.45) is 0. The Morgan fingerprint density at radius 2 is 1.52 bits per heavy atom. The minimum atomic E-state index is 0.563. The summed E-state index contributed by atoms with van der Waals surface area (Å²) in [5.41, 5.74) is 4.75. The lowest BCUT2D eigenvalue weighted by Gasteiger charge is -2.05. The van der Waals surface area contributed by atoms with Gasteiger partial charge in [-0.3, -0.25) is 0 Å². The van der Waals surface area contributed by atoms with E-state index in [0.29, 0.717) is 5.92 Å². The summed E-state index contributed by atoms with van der Waals surface area (Å²) in [6, 6.07) is 17.0. The Morgan fingerprint density at radius 3 is 2.14 bits per heavy atom. The van der Waals surface area contributed by atoms with Crippen molar-refractivity contribution in [3.63, 3.8) is 0 Å². The van der Waals surface area contributed by atoms with E-state index < -0.39 is 0 Å². The molecule has 0 bridgehead atoms. The van der Waals surface area contributed by atoms with Gasteiger partial charge in [0.2, 0.25) is 0 Å². The summed E-state index contributed by atoms with van der Waals surface area (Å²) in [7, 11) is 0. The molecule has 0 saturated heterocycles. The summed E-state index contributed by atoms with van der Waals surface area (Å²) in [4.78, 5) is 4.76. The third kappa shape index (κ3) is 3.25. The average molecular weight is 358 g/mol. The SMILES string of the molecule is CC(C)c1ccc(-c2csc(-c3ccc(Br)cc3)n2)cc1. The van der Waals surface area contributed by atoms with Crippen LogP contribution in [0.4, 0.5) is 0 Å². The lowest BCUT2D eigenvalue weighted by atomic mass is 10.0. The van der Waals surface area contributed by atoms with Gasteiger partial charge in [-0.25, -0.2) is 4.98 Å². The molecule has 3 heteroatoms. The molecule has 0 radical (unpaired) electrons. The van der Waals surface area contributed by atoms with Crippen molar-refractivity contribution >= 4 is 27.3 Å². The standard InChI is InChI=1S/C18H16BrNS/c1-12(2)13-3-5-14(6-4-13)17-11-21-18(20-17)15-7-9-16(19)10-8-15/h3-12H,1-2H3. The Hall–Kier alpha value is -1.45. The zero-order chi connectivity index (χ0) is 14.8. The van der Waals surface area contributed by atoms with Crippen molar-refractivity contribution in [1.82, 2.24) is 4.98 Å². The van der Waals surface area contributed by atoms with Gasteiger partial charge >= 0.3 is 0 Å². The van der Waals surface area contributed by atoms with Gasteiger partial charge in [-0.2, -0.15) is 0 Å². The Morgan fingerprint density at radius 1 is 0.905 bits per heavy atom. The topological polar surface area (TPSA) is 12.9 Å². The van der Waals surface area contributed by atoms with Crippen LogP contribution in [0.15, 0.2) is 58.4 Å². The third-order valence-electron chi connectivity index (χ3n) is 3.47. The van der Waals surface area contributed by atoms with Crippen LogP contribution in [0, 0.1) is 0 Å². The van der Waals surface area contributed by atoms with Gasteiger partial charge in [0.15, 0.2) is 0 Å². The highest BCUT2D eigenvalue weighted by Gasteiger charge is 2.07. The van der Waals surface area contributed by atoms with Crippen molar-refractivity contribution in [2.24, 2.45) is 0 Å². The number of rotatable bonds is 3. The molecule has 3 aromatic rings. The summed E-state index contributed by atoms with van der Waals surface area (Å²) < 4.78 is 1.09. The van der Waals surface area contributed by atoms with Crippen molar-refractivity contribution < 1.29 is 0 Å². The van der Waals surface area contributed by atoms with E-state index >= 15 is 0 Å². The number of hydrogen-bond acceptors (Lipinski definition) is 2. The van der Waals surface area contributed by atoms with Crippen molar-refractivity contribution in [2.45, 2.75) is 19.8 Å². The van der Waals surface area contributed by atoms with Crippen LogP contribution >= 0.6 is 27.3 Å². The molecule has 0 fully saturated rings. The van der Waals surface area contributed by atoms with Crippen molar-refractivity contribution in [3.05, 3.63) is 63.9 Å². The van der Waals surface area contributed by atoms with E-state index in [-0.39, 0.29) is 0 Å². The van der Waals surface area contributed by atoms with Crippen molar-refractivity contribution in [2.75, 3.05) is 0 Å². The number of nitrogens with zero attached hydrogens (tertiary/aromatic N) is 1. The molecule has 21 heavy (non-hydrogen) atoms. The first-order valence-electron chi connectivity index (χ1n) is 6.95. The van der Waals surface area contributed by atoms with E-state index in [2.05, 4.69) is 71.6 Å². The zero-order valence-corrected chi connectivity index (χ0v) is 14.4. The highest BCUT2D eigenvalue weighted by Crippen LogP contribution is 2.30. The molecule has 0 aliphatic heterocycles. The first kappa shape index (κ1) is 14.5. The molecule has 0 saturated carbocycles. The van der Waals surface area contributed by atoms with Gasteiger partial charge in [-0.15, -0.1) is 11.3 Å². The molecule has 1 nitrogen and oxygen atoms in total. The monoisotopic (exact) mass is 357 g/mol. The smallest absolute Gasteiger partial charge is 0.124 e. The Kier molecular flexibility index (Phi) is 4.22. The van der Waals surface area contributed by atoms with Gasteiger partial charge < -0.3 is 0 Å². The lowest BCUT2D eigenvalue weighted by Crippen LogP contribution is -1.86.